The van der Waals surface area contributed by atoms with Crippen molar-refractivity contribution in [1.82, 2.24) is 5.32 Å². The highest BCUT2D eigenvalue weighted by Crippen LogP contribution is 2.43. The number of esters is 1. The van der Waals surface area contributed by atoms with Gasteiger partial charge in [0.05, 0.1) is 24.1 Å². The van der Waals surface area contributed by atoms with Gasteiger partial charge in [-0.2, -0.15) is 0 Å². The molecule has 0 saturated carbocycles. The molecule has 0 aliphatic carbocycles. The zero-order valence-corrected chi connectivity index (χ0v) is 15.9. The number of nitrogens with one attached hydrogen (secondary N) is 1. The van der Waals surface area contributed by atoms with Gasteiger partial charge in [0.2, 0.25) is 0 Å². The number of nitro groups is 1. The molecule has 9 nitrogen and oxygen atoms in total. The third kappa shape index (κ3) is 4.86. The first-order chi connectivity index (χ1) is 12.7. The lowest BCUT2D eigenvalue weighted by atomic mass is 9.86. The van der Waals surface area contributed by atoms with Crippen LogP contribution in [-0.4, -0.2) is 41.4 Å². The average Bonchev–Trinajstić information content (AvgIpc) is 2.60. The van der Waals surface area contributed by atoms with E-state index in [4.69, 9.17) is 10.5 Å². The van der Waals surface area contributed by atoms with E-state index in [9.17, 15) is 20.0 Å². The van der Waals surface area contributed by atoms with Crippen LogP contribution >= 0.6 is 0 Å². The number of nitro benzene ring substituents is 1. The van der Waals surface area contributed by atoms with E-state index >= 15 is 0 Å². The van der Waals surface area contributed by atoms with E-state index in [0.717, 1.165) is 19.3 Å². The minimum atomic E-state index is -0.917. The van der Waals surface area contributed by atoms with Crippen molar-refractivity contribution in [3.63, 3.8) is 0 Å². The van der Waals surface area contributed by atoms with E-state index in [1.807, 2.05) is 0 Å². The molecule has 1 aromatic carbocycles. The first-order valence-corrected chi connectivity index (χ1v) is 8.92. The van der Waals surface area contributed by atoms with Crippen LogP contribution in [0.25, 0.3) is 0 Å². The van der Waals surface area contributed by atoms with Gasteiger partial charge in [-0.1, -0.05) is 6.42 Å². The first-order valence-electron chi connectivity index (χ1n) is 8.92. The number of anilines is 1. The summed E-state index contributed by atoms with van der Waals surface area (Å²) in [5.74, 6) is 0.116. The highest BCUT2D eigenvalue weighted by molar-refractivity contribution is 5.69. The largest absolute Gasteiger partial charge is 0.484 e. The van der Waals surface area contributed by atoms with Crippen molar-refractivity contribution in [2.24, 2.45) is 0 Å². The first kappa shape index (κ1) is 20.9. The molecule has 2 rings (SSSR count). The van der Waals surface area contributed by atoms with Crippen LogP contribution in [0.2, 0.25) is 0 Å². The molecule has 9 heteroatoms. The fourth-order valence-corrected chi connectivity index (χ4v) is 3.16. The quantitative estimate of drug-likeness (QED) is 0.205. The third-order valence-corrected chi connectivity index (χ3v) is 4.74. The molecule has 0 radical (unpaired) electrons. The van der Waals surface area contributed by atoms with Crippen LogP contribution in [0.4, 0.5) is 11.4 Å². The number of nitrogen functional groups attached to an aromatic ring is 1. The number of rotatable bonds is 8. The second-order valence-electron chi connectivity index (χ2n) is 7.17. The Balaban J connectivity index is 2.08. The van der Waals surface area contributed by atoms with Crippen LogP contribution in [0.5, 0.6) is 5.75 Å². The molecular formula is C18H27N3O6. The lowest BCUT2D eigenvalue weighted by Crippen LogP contribution is -2.52. The summed E-state index contributed by atoms with van der Waals surface area (Å²) < 4.78 is 10.4. The van der Waals surface area contributed by atoms with E-state index in [1.54, 1.807) is 13.8 Å². The molecular weight excluding hydrogens is 354 g/mol. The Kier molecular flexibility index (Phi) is 6.61. The molecule has 2 unspecified atom stereocenters. The van der Waals surface area contributed by atoms with Crippen molar-refractivity contribution < 1.29 is 24.3 Å². The average molecular weight is 381 g/mol. The summed E-state index contributed by atoms with van der Waals surface area (Å²) in [6.07, 6.45) is 1.89. The topological polar surface area (TPSA) is 137 Å². The summed E-state index contributed by atoms with van der Waals surface area (Å²) in [7, 11) is 1.37. The zero-order valence-electron chi connectivity index (χ0n) is 15.9. The Morgan fingerprint density at radius 1 is 1.41 bits per heavy atom. The minimum absolute atomic E-state index is 0.0270. The smallest absolute Gasteiger partial charge is 0.305 e. The maximum absolute atomic E-state index is 11.1. The van der Waals surface area contributed by atoms with Gasteiger partial charge in [-0.05, 0) is 39.3 Å². The predicted molar refractivity (Wildman–Crippen MR) is 99.5 cm³/mol. The van der Waals surface area contributed by atoms with E-state index < -0.39 is 22.7 Å². The van der Waals surface area contributed by atoms with Gasteiger partial charge >= 0.3 is 5.97 Å². The van der Waals surface area contributed by atoms with Crippen LogP contribution in [0, 0.1) is 10.1 Å². The number of hydrogen-bond acceptors (Lipinski definition) is 8. The molecule has 1 aliphatic heterocycles. The van der Waals surface area contributed by atoms with E-state index in [2.05, 4.69) is 10.1 Å². The maximum atomic E-state index is 11.1. The Morgan fingerprint density at radius 3 is 2.74 bits per heavy atom. The highest BCUT2D eigenvalue weighted by atomic mass is 16.6. The Hall–Kier alpha value is -2.39. The minimum Gasteiger partial charge on any atom is -0.484 e. The molecule has 0 fully saturated rings. The molecule has 1 aromatic rings. The van der Waals surface area contributed by atoms with Crippen LogP contribution < -0.4 is 15.8 Å². The zero-order chi connectivity index (χ0) is 20.2. The maximum Gasteiger partial charge on any atom is 0.305 e. The summed E-state index contributed by atoms with van der Waals surface area (Å²) in [4.78, 5) is 21.7. The number of methoxy groups -OCH3 is 1. The van der Waals surface area contributed by atoms with Gasteiger partial charge in [0.25, 0.3) is 5.69 Å². The number of nitrogens with two attached hydrogens (primary N) is 1. The third-order valence-electron chi connectivity index (χ3n) is 4.74. The number of nitrogens with zero attached hydrogens (tertiary/aromatic N) is 1. The second kappa shape index (κ2) is 8.53. The van der Waals surface area contributed by atoms with E-state index in [1.165, 1.54) is 19.2 Å². The summed E-state index contributed by atoms with van der Waals surface area (Å²) in [6.45, 7) is 4.07. The summed E-state index contributed by atoms with van der Waals surface area (Å²) in [6, 6.07) is 2.33. The van der Waals surface area contributed by atoms with Gasteiger partial charge in [-0.15, -0.1) is 0 Å². The molecule has 0 bridgehead atoms. The van der Waals surface area contributed by atoms with E-state index in [-0.39, 0.29) is 17.3 Å². The molecule has 0 aromatic heterocycles. The second-order valence-corrected chi connectivity index (χ2v) is 7.17. The van der Waals surface area contributed by atoms with Crippen LogP contribution in [0.15, 0.2) is 12.1 Å². The molecule has 27 heavy (non-hydrogen) atoms. The summed E-state index contributed by atoms with van der Waals surface area (Å²) >= 11 is 0. The summed E-state index contributed by atoms with van der Waals surface area (Å²) in [5.41, 5.74) is 5.29. The summed E-state index contributed by atoms with van der Waals surface area (Å²) in [5, 5.41) is 25.1. The normalized spacial score (nSPS) is 20.4. The molecule has 0 spiro atoms. The Bertz CT molecular complexity index is 707. The van der Waals surface area contributed by atoms with Crippen molar-refractivity contribution in [2.45, 2.75) is 57.3 Å². The molecule has 1 heterocycles. The monoisotopic (exact) mass is 381 g/mol. The van der Waals surface area contributed by atoms with Gasteiger partial charge in [0, 0.05) is 12.0 Å². The number of aliphatic hydroxyl groups is 1. The van der Waals surface area contributed by atoms with Crippen molar-refractivity contribution >= 4 is 17.3 Å². The number of aliphatic hydroxyl groups excluding tert-OH is 1. The highest BCUT2D eigenvalue weighted by Gasteiger charge is 2.43. The van der Waals surface area contributed by atoms with Gasteiger partial charge in [0.15, 0.2) is 0 Å². The van der Waals surface area contributed by atoms with Crippen molar-refractivity contribution in [3.05, 3.63) is 27.8 Å². The molecule has 2 atom stereocenters. The number of ether oxygens (including phenoxy) is 2. The fraction of sp³-hybridized carbons (Fsp3) is 0.611. The Morgan fingerprint density at radius 2 is 2.11 bits per heavy atom. The number of benzene rings is 1. The number of fused-ring (bicyclic) bond motifs is 1. The predicted octanol–water partition coefficient (Wildman–Crippen LogP) is 2.07. The SMILES string of the molecule is COC(=O)CCCCCNC1c2cc(N)c([N+](=O)[O-])cc2OC(C)(C)C1O. The number of unbranched alkanes of at least 4 members (excludes halogenated alkanes) is 2. The van der Waals surface area contributed by atoms with Gasteiger partial charge in [-0.3, -0.25) is 14.9 Å². The molecule has 0 amide bonds. The number of hydrogen-bond donors (Lipinski definition) is 3. The number of carbonyl (C=O) groups excluding carboxylic acids is 1. The Labute approximate surface area is 158 Å². The lowest BCUT2D eigenvalue weighted by molar-refractivity contribution is -0.384. The molecule has 0 saturated heterocycles. The van der Waals surface area contributed by atoms with E-state index in [0.29, 0.717) is 24.3 Å². The molecule has 1 aliphatic rings. The van der Waals surface area contributed by atoms with Crippen LogP contribution in [0.3, 0.4) is 0 Å². The van der Waals surface area contributed by atoms with Crippen LogP contribution in [-0.2, 0) is 9.53 Å². The van der Waals surface area contributed by atoms with Gasteiger partial charge in [-0.25, -0.2) is 0 Å². The number of carbonyl (C=O) groups is 1. The van der Waals surface area contributed by atoms with Crippen molar-refractivity contribution in [1.29, 1.82) is 0 Å². The van der Waals surface area contributed by atoms with Crippen LogP contribution in [0.1, 0.15) is 51.1 Å². The van der Waals surface area contributed by atoms with Gasteiger partial charge < -0.3 is 25.6 Å². The molecule has 150 valence electrons. The fourth-order valence-electron chi connectivity index (χ4n) is 3.16. The van der Waals surface area contributed by atoms with Crippen molar-refractivity contribution in [2.75, 3.05) is 19.4 Å². The molecule has 4 N–H and O–H groups in total. The van der Waals surface area contributed by atoms with Crippen molar-refractivity contribution in [3.8, 4) is 5.75 Å². The van der Waals surface area contributed by atoms with Gasteiger partial charge in [0.1, 0.15) is 23.1 Å². The lowest BCUT2D eigenvalue weighted by Gasteiger charge is -2.42. The standard InChI is InChI=1S/C18H27N3O6/c1-18(2)17(23)16(20-8-6-4-5-7-15(22)26-3)11-9-12(19)13(21(24)25)10-14(11)27-18/h9-10,16-17,20,23H,4-8,19H2,1-3H3.